The summed E-state index contributed by atoms with van der Waals surface area (Å²) in [6.45, 7) is 2.66. The molecule has 3 heterocycles. The molecule has 8 heteroatoms. The van der Waals surface area contributed by atoms with Gasteiger partial charge in [-0.25, -0.2) is 4.98 Å². The molecule has 0 atom stereocenters. The summed E-state index contributed by atoms with van der Waals surface area (Å²) in [5.41, 5.74) is 8.85. The Kier molecular flexibility index (Phi) is 2.92. The molecule has 8 nitrogen and oxygen atoms in total. The predicted octanol–water partition coefficient (Wildman–Crippen LogP) is 0.481. The highest BCUT2D eigenvalue weighted by atomic mass is 15.4. The molecule has 3 aromatic heterocycles. The molecule has 0 bridgehead atoms. The van der Waals surface area contributed by atoms with Gasteiger partial charge in [-0.2, -0.15) is 5.10 Å². The number of hydrogen-bond acceptors (Lipinski definition) is 5. The highest BCUT2D eigenvalue weighted by molar-refractivity contribution is 5.77. The fourth-order valence-electron chi connectivity index (χ4n) is 2.41. The molecule has 0 aromatic carbocycles. The maximum atomic E-state index is 6.05. The molecule has 0 fully saturated rings. The summed E-state index contributed by atoms with van der Waals surface area (Å²) in [5.74, 6) is 1.31. The van der Waals surface area contributed by atoms with Gasteiger partial charge in [0.05, 0.1) is 12.2 Å². The number of aromatic nitrogens is 7. The Morgan fingerprint density at radius 3 is 2.75 bits per heavy atom. The number of nitrogens with two attached hydrogens (primary N) is 1. The smallest absolute Gasteiger partial charge is 0.202 e. The van der Waals surface area contributed by atoms with Crippen molar-refractivity contribution in [2.24, 2.45) is 14.1 Å². The van der Waals surface area contributed by atoms with Gasteiger partial charge in [0.15, 0.2) is 11.5 Å². The summed E-state index contributed by atoms with van der Waals surface area (Å²) < 4.78 is 5.63. The van der Waals surface area contributed by atoms with E-state index in [4.69, 9.17) is 5.73 Å². The van der Waals surface area contributed by atoms with Crippen LogP contribution in [0.1, 0.15) is 24.9 Å². The Hall–Kier alpha value is -2.38. The third-order valence-corrected chi connectivity index (χ3v) is 3.41. The van der Waals surface area contributed by atoms with Crippen LogP contribution >= 0.6 is 0 Å². The van der Waals surface area contributed by atoms with Crippen LogP contribution in [0.4, 0.5) is 5.95 Å². The fourth-order valence-corrected chi connectivity index (χ4v) is 2.41. The first-order valence-electron chi connectivity index (χ1n) is 6.62. The first-order valence-corrected chi connectivity index (χ1v) is 6.62. The van der Waals surface area contributed by atoms with Crippen LogP contribution in [0.5, 0.6) is 0 Å². The van der Waals surface area contributed by atoms with Gasteiger partial charge in [0.1, 0.15) is 11.8 Å². The molecule has 0 saturated heterocycles. The molecule has 0 saturated carbocycles. The van der Waals surface area contributed by atoms with E-state index in [0.717, 1.165) is 35.5 Å². The minimum atomic E-state index is 0.480. The highest BCUT2D eigenvalue weighted by Gasteiger charge is 2.18. The van der Waals surface area contributed by atoms with E-state index in [1.807, 2.05) is 27.9 Å². The SMILES string of the molecule is CCCc1nn(C)c2c1nc(N)n2Cc1nncn1C. The Morgan fingerprint density at radius 2 is 2.10 bits per heavy atom. The number of nitrogen functional groups attached to an aromatic ring is 1. The first-order chi connectivity index (χ1) is 9.61. The summed E-state index contributed by atoms with van der Waals surface area (Å²) in [6, 6.07) is 0. The van der Waals surface area contributed by atoms with Gasteiger partial charge < -0.3 is 10.3 Å². The van der Waals surface area contributed by atoms with Crippen molar-refractivity contribution in [3.05, 3.63) is 17.8 Å². The molecule has 3 aromatic rings. The van der Waals surface area contributed by atoms with E-state index < -0.39 is 0 Å². The monoisotopic (exact) mass is 274 g/mol. The second-order valence-corrected chi connectivity index (χ2v) is 4.91. The van der Waals surface area contributed by atoms with Gasteiger partial charge >= 0.3 is 0 Å². The molecular weight excluding hydrogens is 256 g/mol. The number of rotatable bonds is 4. The summed E-state index contributed by atoms with van der Waals surface area (Å²) >= 11 is 0. The maximum absolute atomic E-state index is 6.05. The number of nitrogens with zero attached hydrogens (tertiary/aromatic N) is 7. The van der Waals surface area contributed by atoms with Gasteiger partial charge in [0.2, 0.25) is 5.95 Å². The number of hydrogen-bond donors (Lipinski definition) is 1. The Bertz CT molecular complexity index is 747. The van der Waals surface area contributed by atoms with Gasteiger partial charge in [-0.05, 0) is 6.42 Å². The van der Waals surface area contributed by atoms with Crippen molar-refractivity contribution in [2.45, 2.75) is 26.3 Å². The van der Waals surface area contributed by atoms with Crippen molar-refractivity contribution >= 4 is 17.1 Å². The Morgan fingerprint density at radius 1 is 1.30 bits per heavy atom. The molecule has 0 aliphatic carbocycles. The zero-order chi connectivity index (χ0) is 14.3. The zero-order valence-electron chi connectivity index (χ0n) is 11.9. The van der Waals surface area contributed by atoms with Crippen molar-refractivity contribution in [1.29, 1.82) is 0 Å². The van der Waals surface area contributed by atoms with Crippen LogP contribution in [-0.2, 0) is 27.1 Å². The van der Waals surface area contributed by atoms with Crippen molar-refractivity contribution in [1.82, 2.24) is 34.1 Å². The normalized spacial score (nSPS) is 11.6. The quantitative estimate of drug-likeness (QED) is 0.747. The molecule has 106 valence electrons. The maximum Gasteiger partial charge on any atom is 0.202 e. The Labute approximate surface area is 116 Å². The van der Waals surface area contributed by atoms with Crippen LogP contribution in [0, 0.1) is 0 Å². The van der Waals surface area contributed by atoms with E-state index in [9.17, 15) is 0 Å². The third-order valence-electron chi connectivity index (χ3n) is 3.41. The van der Waals surface area contributed by atoms with Crippen LogP contribution in [-0.4, -0.2) is 34.1 Å². The van der Waals surface area contributed by atoms with Crippen LogP contribution in [0.2, 0.25) is 0 Å². The average molecular weight is 274 g/mol. The van der Waals surface area contributed by atoms with Gasteiger partial charge in [-0.15, -0.1) is 10.2 Å². The standard InChI is InChI=1S/C12H18N8/c1-4-5-8-10-11(19(3)17-8)20(12(13)15-10)6-9-16-14-7-18(9)2/h7H,4-6H2,1-3H3,(H2,13,15). The van der Waals surface area contributed by atoms with Crippen LogP contribution in [0.25, 0.3) is 11.2 Å². The van der Waals surface area contributed by atoms with Gasteiger partial charge in [0, 0.05) is 14.1 Å². The van der Waals surface area contributed by atoms with Crippen LogP contribution in [0.15, 0.2) is 6.33 Å². The minimum Gasteiger partial charge on any atom is -0.369 e. The minimum absolute atomic E-state index is 0.480. The van der Waals surface area contributed by atoms with Crippen molar-refractivity contribution in [3.63, 3.8) is 0 Å². The topological polar surface area (TPSA) is 92.4 Å². The lowest BCUT2D eigenvalue weighted by Gasteiger charge is -2.06. The predicted molar refractivity (Wildman–Crippen MR) is 75.0 cm³/mol. The van der Waals surface area contributed by atoms with Crippen LogP contribution < -0.4 is 5.73 Å². The van der Waals surface area contributed by atoms with Gasteiger partial charge in [0.25, 0.3) is 0 Å². The number of aryl methyl sites for hydroxylation is 3. The summed E-state index contributed by atoms with van der Waals surface area (Å²) in [6.07, 6.45) is 3.60. The molecule has 0 amide bonds. The molecule has 0 spiro atoms. The molecule has 3 rings (SSSR count). The molecule has 0 radical (unpaired) electrons. The number of imidazole rings is 1. The molecule has 0 aliphatic heterocycles. The highest BCUT2D eigenvalue weighted by Crippen LogP contribution is 2.22. The second-order valence-electron chi connectivity index (χ2n) is 4.91. The summed E-state index contributed by atoms with van der Waals surface area (Å²) in [5, 5.41) is 12.5. The van der Waals surface area contributed by atoms with Crippen molar-refractivity contribution in [3.8, 4) is 0 Å². The lowest BCUT2D eigenvalue weighted by molar-refractivity contribution is 0.678. The second kappa shape index (κ2) is 4.62. The molecule has 0 aliphatic rings. The fraction of sp³-hybridized carbons (Fsp3) is 0.500. The summed E-state index contributed by atoms with van der Waals surface area (Å²) in [4.78, 5) is 4.46. The van der Waals surface area contributed by atoms with E-state index >= 15 is 0 Å². The average Bonchev–Trinajstić information content (AvgIpc) is 3.02. The van der Waals surface area contributed by atoms with E-state index in [1.165, 1.54) is 0 Å². The van der Waals surface area contributed by atoms with Crippen molar-refractivity contribution < 1.29 is 0 Å². The first kappa shape index (κ1) is 12.6. The largest absolute Gasteiger partial charge is 0.369 e. The van der Waals surface area contributed by atoms with Gasteiger partial charge in [-0.1, -0.05) is 13.3 Å². The lowest BCUT2D eigenvalue weighted by Crippen LogP contribution is -2.11. The van der Waals surface area contributed by atoms with E-state index in [0.29, 0.717) is 12.5 Å². The van der Waals surface area contributed by atoms with E-state index in [2.05, 4.69) is 27.2 Å². The molecule has 20 heavy (non-hydrogen) atoms. The molecule has 0 unspecified atom stereocenters. The van der Waals surface area contributed by atoms with Gasteiger partial charge in [-0.3, -0.25) is 9.25 Å². The van der Waals surface area contributed by atoms with Crippen LogP contribution in [0.3, 0.4) is 0 Å². The summed E-state index contributed by atoms with van der Waals surface area (Å²) in [7, 11) is 3.82. The number of anilines is 1. The van der Waals surface area contributed by atoms with Crippen molar-refractivity contribution in [2.75, 3.05) is 5.73 Å². The van der Waals surface area contributed by atoms with E-state index in [1.54, 1.807) is 6.33 Å². The molecule has 2 N–H and O–H groups in total. The third kappa shape index (κ3) is 1.84. The number of fused-ring (bicyclic) bond motifs is 1. The lowest BCUT2D eigenvalue weighted by atomic mass is 10.2. The Balaban J connectivity index is 2.11. The molecular formula is C12H18N8. The van der Waals surface area contributed by atoms with E-state index in [-0.39, 0.29) is 0 Å². The zero-order valence-corrected chi connectivity index (χ0v) is 11.9.